The molecule has 2 aromatic carbocycles. The first kappa shape index (κ1) is 14.0. The van der Waals surface area contributed by atoms with E-state index in [0.717, 1.165) is 0 Å². The highest BCUT2D eigenvalue weighted by Crippen LogP contribution is 2.33. The van der Waals surface area contributed by atoms with Crippen molar-refractivity contribution in [2.24, 2.45) is 0 Å². The summed E-state index contributed by atoms with van der Waals surface area (Å²) in [5.74, 6) is -0.459. The molecule has 20 heavy (non-hydrogen) atoms. The van der Waals surface area contributed by atoms with E-state index in [4.69, 9.17) is 5.26 Å². The smallest absolute Gasteiger partial charge is 0.131 e. The minimum absolute atomic E-state index is 0.225. The summed E-state index contributed by atoms with van der Waals surface area (Å²) in [7, 11) is 1.75. The number of aliphatic hydroxyl groups excluding tert-OH is 1. The highest BCUT2D eigenvalue weighted by Gasteiger charge is 2.18. The summed E-state index contributed by atoms with van der Waals surface area (Å²) in [5, 5.41) is 18.9. The number of aliphatic hydroxyl groups is 1. The summed E-state index contributed by atoms with van der Waals surface area (Å²) in [4.78, 5) is 1.71. The average Bonchev–Trinajstić information content (AvgIpc) is 2.45. The Morgan fingerprint density at radius 2 is 1.80 bits per heavy atom. The van der Waals surface area contributed by atoms with E-state index >= 15 is 0 Å². The summed E-state index contributed by atoms with van der Waals surface area (Å²) in [6.07, 6.45) is -0.928. The lowest BCUT2D eigenvalue weighted by molar-refractivity contribution is 0.194. The molecule has 1 unspecified atom stereocenters. The molecule has 0 amide bonds. The molecule has 0 heterocycles. The zero-order valence-corrected chi connectivity index (χ0v) is 11.3. The van der Waals surface area contributed by atoms with Crippen LogP contribution in [0.1, 0.15) is 24.2 Å². The van der Waals surface area contributed by atoms with Gasteiger partial charge in [0.25, 0.3) is 0 Å². The van der Waals surface area contributed by atoms with Gasteiger partial charge in [-0.05, 0) is 31.2 Å². The molecule has 0 fully saturated rings. The Hall–Kier alpha value is -2.38. The van der Waals surface area contributed by atoms with E-state index in [9.17, 15) is 9.50 Å². The number of anilines is 2. The minimum Gasteiger partial charge on any atom is -0.389 e. The van der Waals surface area contributed by atoms with E-state index < -0.39 is 11.9 Å². The van der Waals surface area contributed by atoms with Gasteiger partial charge in [0.1, 0.15) is 11.9 Å². The average molecular weight is 270 g/mol. The monoisotopic (exact) mass is 270 g/mol. The number of halogens is 1. The summed E-state index contributed by atoms with van der Waals surface area (Å²) in [6.45, 7) is 1.52. The molecule has 0 saturated heterocycles. The van der Waals surface area contributed by atoms with Crippen LogP contribution in [0.25, 0.3) is 0 Å². The van der Waals surface area contributed by atoms with Gasteiger partial charge in [0.15, 0.2) is 0 Å². The van der Waals surface area contributed by atoms with Gasteiger partial charge in [0, 0.05) is 18.3 Å². The lowest BCUT2D eigenvalue weighted by atomic mass is 10.1. The van der Waals surface area contributed by atoms with Crippen LogP contribution in [-0.2, 0) is 0 Å². The van der Waals surface area contributed by atoms with Gasteiger partial charge in [0.2, 0.25) is 0 Å². The van der Waals surface area contributed by atoms with Crippen LogP contribution >= 0.6 is 0 Å². The third kappa shape index (κ3) is 2.49. The van der Waals surface area contributed by atoms with Crippen LogP contribution in [-0.4, -0.2) is 12.2 Å². The largest absolute Gasteiger partial charge is 0.389 e. The number of nitrogens with zero attached hydrogens (tertiary/aromatic N) is 2. The van der Waals surface area contributed by atoms with E-state index in [0.29, 0.717) is 16.9 Å². The SMILES string of the molecule is CC(O)c1c(F)cccc1N(C)c1ccccc1C#N. The fourth-order valence-electron chi connectivity index (χ4n) is 2.22. The van der Waals surface area contributed by atoms with Crippen LogP contribution < -0.4 is 4.90 Å². The van der Waals surface area contributed by atoms with Crippen LogP contribution in [0, 0.1) is 17.1 Å². The maximum absolute atomic E-state index is 13.9. The number of benzene rings is 2. The molecule has 0 radical (unpaired) electrons. The number of hydrogen-bond acceptors (Lipinski definition) is 3. The molecule has 0 aliphatic rings. The molecule has 0 saturated carbocycles. The van der Waals surface area contributed by atoms with Crippen molar-refractivity contribution < 1.29 is 9.50 Å². The van der Waals surface area contributed by atoms with Crippen LogP contribution in [0.15, 0.2) is 42.5 Å². The first-order valence-corrected chi connectivity index (χ1v) is 6.25. The molecule has 1 atom stereocenters. The van der Waals surface area contributed by atoms with Crippen LogP contribution in [0.5, 0.6) is 0 Å². The predicted octanol–water partition coefficient (Wildman–Crippen LogP) is 3.52. The third-order valence-electron chi connectivity index (χ3n) is 3.19. The van der Waals surface area contributed by atoms with E-state index in [-0.39, 0.29) is 5.56 Å². The third-order valence-corrected chi connectivity index (χ3v) is 3.19. The summed E-state index contributed by atoms with van der Waals surface area (Å²) < 4.78 is 13.9. The van der Waals surface area contributed by atoms with Crippen molar-refractivity contribution >= 4 is 11.4 Å². The van der Waals surface area contributed by atoms with Gasteiger partial charge in [-0.2, -0.15) is 5.26 Å². The summed E-state index contributed by atoms with van der Waals surface area (Å²) in [6, 6.07) is 13.8. The molecule has 102 valence electrons. The maximum atomic E-state index is 13.9. The van der Waals surface area contributed by atoms with Gasteiger partial charge in [0.05, 0.1) is 17.4 Å². The molecular weight excluding hydrogens is 255 g/mol. The van der Waals surface area contributed by atoms with Crippen LogP contribution in [0.4, 0.5) is 15.8 Å². The Bertz CT molecular complexity index is 662. The van der Waals surface area contributed by atoms with E-state index in [2.05, 4.69) is 6.07 Å². The number of hydrogen-bond donors (Lipinski definition) is 1. The standard InChI is InChI=1S/C16H15FN2O/c1-11(20)16-13(17)7-5-9-15(16)19(2)14-8-4-3-6-12(14)10-18/h3-9,11,20H,1-2H3. The van der Waals surface area contributed by atoms with Crippen molar-refractivity contribution in [2.75, 3.05) is 11.9 Å². The lowest BCUT2D eigenvalue weighted by Crippen LogP contribution is -2.15. The summed E-state index contributed by atoms with van der Waals surface area (Å²) in [5.41, 5.74) is 1.93. The van der Waals surface area contributed by atoms with Crippen molar-refractivity contribution in [1.82, 2.24) is 0 Å². The number of nitriles is 1. The van der Waals surface area contributed by atoms with E-state index in [1.54, 1.807) is 42.3 Å². The molecule has 2 rings (SSSR count). The van der Waals surface area contributed by atoms with Gasteiger partial charge in [-0.1, -0.05) is 18.2 Å². The molecule has 0 aromatic heterocycles. The molecule has 1 N–H and O–H groups in total. The molecule has 2 aromatic rings. The topological polar surface area (TPSA) is 47.3 Å². The minimum atomic E-state index is -0.928. The number of para-hydroxylation sites is 1. The van der Waals surface area contributed by atoms with Crippen LogP contribution in [0.3, 0.4) is 0 Å². The molecular formula is C16H15FN2O. The second-order valence-electron chi connectivity index (χ2n) is 4.54. The van der Waals surface area contributed by atoms with Gasteiger partial charge in [-0.3, -0.25) is 0 Å². The van der Waals surface area contributed by atoms with E-state index in [1.165, 1.54) is 13.0 Å². The molecule has 0 aliphatic heterocycles. The van der Waals surface area contributed by atoms with Crippen molar-refractivity contribution in [1.29, 1.82) is 5.26 Å². The second-order valence-corrected chi connectivity index (χ2v) is 4.54. The van der Waals surface area contributed by atoms with E-state index in [1.807, 2.05) is 6.07 Å². The Morgan fingerprint density at radius 3 is 2.45 bits per heavy atom. The molecule has 3 nitrogen and oxygen atoms in total. The van der Waals surface area contributed by atoms with Crippen molar-refractivity contribution in [3.8, 4) is 6.07 Å². The van der Waals surface area contributed by atoms with Gasteiger partial charge < -0.3 is 10.0 Å². The zero-order chi connectivity index (χ0) is 14.7. The van der Waals surface area contributed by atoms with Gasteiger partial charge in [-0.25, -0.2) is 4.39 Å². The van der Waals surface area contributed by atoms with Crippen molar-refractivity contribution in [2.45, 2.75) is 13.0 Å². The zero-order valence-electron chi connectivity index (χ0n) is 11.3. The molecule has 0 aliphatic carbocycles. The first-order chi connectivity index (χ1) is 9.56. The van der Waals surface area contributed by atoms with Gasteiger partial charge in [-0.15, -0.1) is 0 Å². The highest BCUT2D eigenvalue weighted by molar-refractivity contribution is 5.71. The Kier molecular flexibility index (Phi) is 4.02. The summed E-state index contributed by atoms with van der Waals surface area (Å²) >= 11 is 0. The van der Waals surface area contributed by atoms with Crippen molar-refractivity contribution in [3.05, 3.63) is 59.4 Å². The molecule has 0 bridgehead atoms. The fourth-order valence-corrected chi connectivity index (χ4v) is 2.22. The van der Waals surface area contributed by atoms with Crippen LogP contribution in [0.2, 0.25) is 0 Å². The maximum Gasteiger partial charge on any atom is 0.131 e. The Morgan fingerprint density at radius 1 is 1.15 bits per heavy atom. The highest BCUT2D eigenvalue weighted by atomic mass is 19.1. The molecule has 0 spiro atoms. The fraction of sp³-hybridized carbons (Fsp3) is 0.188. The molecule has 4 heteroatoms. The second kappa shape index (κ2) is 5.72. The van der Waals surface area contributed by atoms with Crippen molar-refractivity contribution in [3.63, 3.8) is 0 Å². The quantitative estimate of drug-likeness (QED) is 0.928. The Labute approximate surface area is 117 Å². The normalized spacial score (nSPS) is 11.8. The van der Waals surface area contributed by atoms with Gasteiger partial charge >= 0.3 is 0 Å². The first-order valence-electron chi connectivity index (χ1n) is 6.25. The predicted molar refractivity (Wildman–Crippen MR) is 76.3 cm³/mol. The lowest BCUT2D eigenvalue weighted by Gasteiger charge is -2.24. The number of rotatable bonds is 3. The Balaban J connectivity index is 2.57.